The predicted molar refractivity (Wildman–Crippen MR) is 148 cm³/mol. The van der Waals surface area contributed by atoms with Gasteiger partial charge in [-0.15, -0.1) is 0 Å². The van der Waals surface area contributed by atoms with Gasteiger partial charge in [0.15, 0.2) is 0 Å². The molecular weight excluding hydrogens is 516 g/mol. The fraction of sp³-hybridized carbons (Fsp3) is 0.467. The minimum atomic E-state index is -0.940. The Hall–Kier alpha value is -3.60. The molecule has 1 aromatic heterocycles. The zero-order valence-electron chi connectivity index (χ0n) is 22.9. The number of carbonyl (C=O) groups is 2. The van der Waals surface area contributed by atoms with Gasteiger partial charge in [0.05, 0.1) is 35.2 Å². The van der Waals surface area contributed by atoms with E-state index in [4.69, 9.17) is 4.42 Å². The van der Waals surface area contributed by atoms with Gasteiger partial charge in [-0.25, -0.2) is 4.90 Å². The van der Waals surface area contributed by atoms with Crippen LogP contribution in [0, 0.1) is 33.8 Å². The molecule has 10 nitrogen and oxygen atoms in total. The Morgan fingerprint density at radius 3 is 2.55 bits per heavy atom. The van der Waals surface area contributed by atoms with Crippen LogP contribution in [0.4, 0.5) is 11.4 Å². The molecule has 0 spiro atoms. The lowest BCUT2D eigenvalue weighted by Gasteiger charge is -2.38. The number of nitro benzene ring substituents is 1. The molecule has 0 bridgehead atoms. The summed E-state index contributed by atoms with van der Waals surface area (Å²) >= 11 is 0. The first kappa shape index (κ1) is 29.4. The summed E-state index contributed by atoms with van der Waals surface area (Å²) in [5.41, 5.74) is 2.39. The van der Waals surface area contributed by atoms with Crippen molar-refractivity contribution in [2.75, 3.05) is 11.5 Å². The Balaban J connectivity index is 1.61. The van der Waals surface area contributed by atoms with Crippen molar-refractivity contribution in [3.63, 3.8) is 0 Å². The lowest BCUT2D eigenvalue weighted by Crippen LogP contribution is -2.39. The van der Waals surface area contributed by atoms with E-state index in [-0.39, 0.29) is 30.3 Å². The molecule has 0 radical (unpaired) electrons. The monoisotopic (exact) mass is 552 g/mol. The van der Waals surface area contributed by atoms with Gasteiger partial charge in [0.25, 0.3) is 5.69 Å². The number of anilines is 1. The first-order valence-electron chi connectivity index (χ1n) is 13.6. The number of carbonyl (C=O) groups excluding carboxylic acids is 2. The molecule has 1 aliphatic heterocycles. The van der Waals surface area contributed by atoms with Gasteiger partial charge in [-0.1, -0.05) is 38.0 Å². The number of nitrogens with zero attached hydrogens (tertiary/aromatic N) is 2. The van der Waals surface area contributed by atoms with Crippen LogP contribution in [0.3, 0.4) is 0 Å². The second-order valence-electron chi connectivity index (χ2n) is 10.7. The van der Waals surface area contributed by atoms with Gasteiger partial charge in [-0.2, -0.15) is 0 Å². The number of rotatable bonds is 11. The smallest absolute Gasteiger partial charge is 0.271 e. The average molecular weight is 553 g/mol. The molecule has 4 rings (SSSR count). The minimum Gasteiger partial charge on any atom is -0.459 e. The molecule has 0 saturated carbocycles. The molecule has 3 N–H and O–H groups in total. The first-order valence-corrected chi connectivity index (χ1v) is 13.6. The highest BCUT2D eigenvalue weighted by atomic mass is 16.6. The second kappa shape index (κ2) is 12.3. The van der Waals surface area contributed by atoms with Crippen LogP contribution in [0.2, 0.25) is 0 Å². The summed E-state index contributed by atoms with van der Waals surface area (Å²) in [6.45, 7) is 5.32. The van der Waals surface area contributed by atoms with Crippen molar-refractivity contribution in [1.29, 1.82) is 0 Å². The normalized spacial score (nSPS) is 22.3. The highest BCUT2D eigenvalue weighted by molar-refractivity contribution is 6.22. The molecule has 1 fully saturated rings. The van der Waals surface area contributed by atoms with Crippen LogP contribution in [-0.2, 0) is 16.2 Å². The zero-order chi connectivity index (χ0) is 29.1. The first-order chi connectivity index (χ1) is 19.1. The lowest BCUT2D eigenvalue weighted by molar-refractivity contribution is -0.384. The van der Waals surface area contributed by atoms with Crippen molar-refractivity contribution in [3.8, 4) is 0 Å². The van der Waals surface area contributed by atoms with Crippen molar-refractivity contribution in [2.24, 2.45) is 23.7 Å². The third-order valence-electron chi connectivity index (χ3n) is 8.05. The van der Waals surface area contributed by atoms with Gasteiger partial charge in [0, 0.05) is 18.1 Å². The molecule has 40 heavy (non-hydrogen) atoms. The van der Waals surface area contributed by atoms with Crippen LogP contribution in [0.1, 0.15) is 58.0 Å². The largest absolute Gasteiger partial charge is 0.459 e. The van der Waals surface area contributed by atoms with Crippen molar-refractivity contribution >= 4 is 29.3 Å². The van der Waals surface area contributed by atoms with Crippen LogP contribution in [0.15, 0.2) is 57.5 Å². The van der Waals surface area contributed by atoms with Crippen LogP contribution in [0.5, 0.6) is 0 Å². The molecule has 2 amide bonds. The zero-order valence-corrected chi connectivity index (χ0v) is 22.9. The molecule has 1 saturated heterocycles. The summed E-state index contributed by atoms with van der Waals surface area (Å²) in [5.74, 6) is -2.26. The van der Waals surface area contributed by atoms with Crippen molar-refractivity contribution in [2.45, 2.75) is 59.2 Å². The summed E-state index contributed by atoms with van der Waals surface area (Å²) in [4.78, 5) is 38.9. The van der Waals surface area contributed by atoms with Crippen molar-refractivity contribution in [3.05, 3.63) is 74.8 Å². The van der Waals surface area contributed by atoms with Gasteiger partial charge in [0.2, 0.25) is 11.8 Å². The van der Waals surface area contributed by atoms with Gasteiger partial charge in [0.1, 0.15) is 18.1 Å². The highest BCUT2D eigenvalue weighted by Gasteiger charge is 2.55. The van der Waals surface area contributed by atoms with Crippen LogP contribution >= 0.6 is 0 Å². The van der Waals surface area contributed by atoms with E-state index < -0.39 is 47.2 Å². The quantitative estimate of drug-likeness (QED) is 0.161. The van der Waals surface area contributed by atoms with Gasteiger partial charge in [-0.3, -0.25) is 19.7 Å². The van der Waals surface area contributed by atoms with E-state index in [0.29, 0.717) is 29.9 Å². The summed E-state index contributed by atoms with van der Waals surface area (Å²) in [6, 6.07) is 8.89. The number of hydrogen-bond acceptors (Lipinski definition) is 8. The van der Waals surface area contributed by atoms with Crippen LogP contribution in [-0.4, -0.2) is 44.8 Å². The van der Waals surface area contributed by atoms with E-state index in [0.717, 1.165) is 22.5 Å². The SMILES string of the molecule is CC/C(=C\c1ccc(CO)o1)CC[C@@H](O)C1=C(C(C)C)C[C@H]2C(=O)N(c3cccc([N+](=O)[O-])c3)C(=O)[C@H]2[C@H]1CO. The highest BCUT2D eigenvalue weighted by Crippen LogP contribution is 2.49. The number of aliphatic hydroxyl groups excluding tert-OH is 3. The molecular formula is C30H36N2O8. The molecule has 214 valence electrons. The lowest BCUT2D eigenvalue weighted by atomic mass is 9.66. The molecule has 1 aromatic carbocycles. The number of allylic oxidation sites excluding steroid dienone is 2. The second-order valence-corrected chi connectivity index (χ2v) is 10.7. The maximum absolute atomic E-state index is 13.7. The Labute approximate surface area is 232 Å². The Morgan fingerprint density at radius 2 is 1.95 bits per heavy atom. The maximum Gasteiger partial charge on any atom is 0.271 e. The number of non-ortho nitro benzene ring substituents is 1. The predicted octanol–water partition coefficient (Wildman–Crippen LogP) is 4.39. The third kappa shape index (κ3) is 5.65. The number of fused-ring (bicyclic) bond motifs is 1. The standard InChI is InChI=1S/C30H36N2O8/c1-4-18(12-21-9-10-22(15-33)40-21)8-11-26(35)27-23(17(2)3)14-24-28(25(27)16-34)30(37)31(29(24)36)19-6-5-7-20(13-19)32(38)39/h5-7,9-10,12-13,17,24-26,28,33-35H,4,8,11,14-16H2,1-3H3/b18-12+/t24-,25+,26-,28-/m1/s1. The molecule has 1 aliphatic carbocycles. The van der Waals surface area contributed by atoms with E-state index in [1.54, 1.807) is 12.1 Å². The molecule has 4 atom stereocenters. The van der Waals surface area contributed by atoms with E-state index in [1.807, 2.05) is 26.8 Å². The van der Waals surface area contributed by atoms with E-state index in [1.165, 1.54) is 24.3 Å². The number of nitro groups is 1. The van der Waals surface area contributed by atoms with E-state index >= 15 is 0 Å². The maximum atomic E-state index is 13.7. The van der Waals surface area contributed by atoms with Crippen molar-refractivity contribution in [1.82, 2.24) is 0 Å². The molecule has 2 aliphatic rings. The van der Waals surface area contributed by atoms with Crippen molar-refractivity contribution < 1.29 is 34.2 Å². The van der Waals surface area contributed by atoms with Gasteiger partial charge < -0.3 is 19.7 Å². The van der Waals surface area contributed by atoms with Gasteiger partial charge in [-0.05, 0) is 61.4 Å². The third-order valence-corrected chi connectivity index (χ3v) is 8.05. The fourth-order valence-corrected chi connectivity index (χ4v) is 6.03. The minimum absolute atomic E-state index is 0.0318. The number of hydrogen-bond donors (Lipinski definition) is 3. The fourth-order valence-electron chi connectivity index (χ4n) is 6.03. The summed E-state index contributed by atoms with van der Waals surface area (Å²) in [5, 5.41) is 42.5. The number of amides is 2. The topological polar surface area (TPSA) is 154 Å². The van der Waals surface area contributed by atoms with E-state index in [9.17, 15) is 35.0 Å². The molecule has 2 heterocycles. The van der Waals surface area contributed by atoms with E-state index in [2.05, 4.69) is 0 Å². The molecule has 2 aromatic rings. The number of imide groups is 1. The Bertz CT molecular complexity index is 1340. The number of benzene rings is 1. The summed E-state index contributed by atoms with van der Waals surface area (Å²) < 4.78 is 5.56. The summed E-state index contributed by atoms with van der Waals surface area (Å²) in [7, 11) is 0. The van der Waals surface area contributed by atoms with Gasteiger partial charge >= 0.3 is 0 Å². The van der Waals surface area contributed by atoms with Crippen LogP contribution < -0.4 is 4.90 Å². The van der Waals surface area contributed by atoms with Crippen LogP contribution in [0.25, 0.3) is 6.08 Å². The Morgan fingerprint density at radius 1 is 1.20 bits per heavy atom. The molecule has 10 heteroatoms. The Kier molecular flexibility index (Phi) is 9.02. The average Bonchev–Trinajstić information content (AvgIpc) is 3.50. The summed E-state index contributed by atoms with van der Waals surface area (Å²) in [6.07, 6.45) is 2.83. The number of furan rings is 1. The molecule has 0 unspecified atom stereocenters. The number of aliphatic hydroxyl groups is 3.